The Balaban J connectivity index is 2.20. The molecule has 0 aliphatic carbocycles. The summed E-state index contributed by atoms with van der Waals surface area (Å²) in [7, 11) is 1.55. The van der Waals surface area contributed by atoms with Gasteiger partial charge < -0.3 is 19.6 Å². The fourth-order valence-corrected chi connectivity index (χ4v) is 1.98. The van der Waals surface area contributed by atoms with Crippen LogP contribution in [0.4, 0.5) is 5.69 Å². The minimum Gasteiger partial charge on any atom is -0.495 e. The second-order valence-corrected chi connectivity index (χ2v) is 4.64. The topological polar surface area (TPSA) is 71.7 Å². The Labute approximate surface area is 121 Å². The number of benzene rings is 1. The van der Waals surface area contributed by atoms with Gasteiger partial charge in [-0.05, 0) is 24.6 Å². The van der Waals surface area contributed by atoms with Gasteiger partial charge in [-0.2, -0.15) is 0 Å². The smallest absolute Gasteiger partial charge is 0.372 e. The van der Waals surface area contributed by atoms with Crippen LogP contribution >= 0.6 is 11.6 Å². The average Bonchev–Trinajstić information content (AvgIpc) is 2.88. The van der Waals surface area contributed by atoms with Crippen LogP contribution in [0, 0.1) is 6.92 Å². The van der Waals surface area contributed by atoms with Gasteiger partial charge in [0.2, 0.25) is 5.76 Å². The van der Waals surface area contributed by atoms with Gasteiger partial charge in [-0.1, -0.05) is 11.6 Å². The van der Waals surface area contributed by atoms with E-state index in [0.29, 0.717) is 22.9 Å². The van der Waals surface area contributed by atoms with Crippen LogP contribution in [-0.4, -0.2) is 18.2 Å². The predicted octanol–water partition coefficient (Wildman–Crippen LogP) is 3.56. The highest BCUT2D eigenvalue weighted by molar-refractivity contribution is 6.31. The lowest BCUT2D eigenvalue weighted by molar-refractivity contribution is 0.0661. The molecule has 0 fully saturated rings. The molecule has 0 bridgehead atoms. The van der Waals surface area contributed by atoms with Crippen molar-refractivity contribution in [2.45, 2.75) is 13.5 Å². The van der Waals surface area contributed by atoms with Crippen LogP contribution in [0.15, 0.2) is 28.9 Å². The van der Waals surface area contributed by atoms with Gasteiger partial charge in [0.05, 0.1) is 19.1 Å². The van der Waals surface area contributed by atoms with Crippen LogP contribution in [0.5, 0.6) is 5.75 Å². The molecule has 2 N–H and O–H groups in total. The molecule has 5 nitrogen and oxygen atoms in total. The zero-order chi connectivity index (χ0) is 14.7. The fraction of sp³-hybridized carbons (Fsp3) is 0.214. The summed E-state index contributed by atoms with van der Waals surface area (Å²) in [6, 6.07) is 5.18. The maximum absolute atomic E-state index is 11.0. The molecule has 0 radical (unpaired) electrons. The normalized spacial score (nSPS) is 10.3. The number of carboxylic acids is 1. The summed E-state index contributed by atoms with van der Waals surface area (Å²) in [6.07, 6.45) is 1.35. The van der Waals surface area contributed by atoms with Gasteiger partial charge in [0, 0.05) is 23.2 Å². The van der Waals surface area contributed by atoms with Crippen molar-refractivity contribution in [1.82, 2.24) is 0 Å². The van der Waals surface area contributed by atoms with E-state index in [-0.39, 0.29) is 5.76 Å². The molecule has 20 heavy (non-hydrogen) atoms. The first kappa shape index (κ1) is 14.3. The van der Waals surface area contributed by atoms with Crippen LogP contribution in [0.3, 0.4) is 0 Å². The van der Waals surface area contributed by atoms with Crippen LogP contribution < -0.4 is 10.1 Å². The Bertz CT molecular complexity index is 636. The summed E-state index contributed by atoms with van der Waals surface area (Å²) in [4.78, 5) is 11.0. The number of nitrogens with one attached hydrogen (secondary N) is 1. The number of hydrogen-bond acceptors (Lipinski definition) is 4. The van der Waals surface area contributed by atoms with Gasteiger partial charge in [-0.3, -0.25) is 0 Å². The van der Waals surface area contributed by atoms with E-state index in [1.807, 2.05) is 13.0 Å². The Hall–Kier alpha value is -2.14. The Kier molecular flexibility index (Phi) is 4.20. The summed E-state index contributed by atoms with van der Waals surface area (Å²) in [5.41, 5.74) is 2.21. The SMILES string of the molecule is COc1cc(Cl)c(C)cc1NCc1ccoc1C(=O)O. The first-order valence-corrected chi connectivity index (χ1v) is 6.28. The number of hydrogen-bond donors (Lipinski definition) is 2. The molecule has 1 aromatic carbocycles. The highest BCUT2D eigenvalue weighted by atomic mass is 35.5. The molecular weight excluding hydrogens is 282 g/mol. The van der Waals surface area contributed by atoms with Crippen LogP contribution in [0.2, 0.25) is 5.02 Å². The third-order valence-electron chi connectivity index (χ3n) is 2.89. The maximum Gasteiger partial charge on any atom is 0.372 e. The van der Waals surface area contributed by atoms with E-state index in [9.17, 15) is 4.79 Å². The van der Waals surface area contributed by atoms with E-state index in [2.05, 4.69) is 5.32 Å². The molecule has 106 valence electrons. The number of carbonyl (C=O) groups is 1. The van der Waals surface area contributed by atoms with Gasteiger partial charge in [-0.15, -0.1) is 0 Å². The van der Waals surface area contributed by atoms with E-state index in [1.165, 1.54) is 6.26 Å². The average molecular weight is 296 g/mol. The summed E-state index contributed by atoms with van der Waals surface area (Å²) in [5, 5.41) is 12.7. The second-order valence-electron chi connectivity index (χ2n) is 4.24. The van der Waals surface area contributed by atoms with E-state index >= 15 is 0 Å². The molecule has 2 rings (SSSR count). The summed E-state index contributed by atoms with van der Waals surface area (Å²) >= 11 is 6.03. The first-order valence-electron chi connectivity index (χ1n) is 5.90. The summed E-state index contributed by atoms with van der Waals surface area (Å²) in [6.45, 7) is 2.20. The Morgan fingerprint density at radius 1 is 1.50 bits per heavy atom. The largest absolute Gasteiger partial charge is 0.495 e. The molecule has 0 aliphatic heterocycles. The minimum atomic E-state index is -1.09. The van der Waals surface area contributed by atoms with Crippen LogP contribution in [0.25, 0.3) is 0 Å². The van der Waals surface area contributed by atoms with E-state index in [0.717, 1.165) is 11.3 Å². The molecule has 0 atom stereocenters. The van der Waals surface area contributed by atoms with Gasteiger partial charge in [0.1, 0.15) is 5.75 Å². The van der Waals surface area contributed by atoms with Crippen molar-refractivity contribution >= 4 is 23.3 Å². The molecular formula is C14H14ClNO4. The lowest BCUT2D eigenvalue weighted by Gasteiger charge is -2.12. The molecule has 1 aromatic heterocycles. The summed E-state index contributed by atoms with van der Waals surface area (Å²) in [5.74, 6) is -0.561. The van der Waals surface area contributed by atoms with Crippen molar-refractivity contribution in [3.8, 4) is 5.75 Å². The fourth-order valence-electron chi connectivity index (χ4n) is 1.82. The van der Waals surface area contributed by atoms with Gasteiger partial charge in [0.15, 0.2) is 0 Å². The number of anilines is 1. The quantitative estimate of drug-likeness (QED) is 0.882. The minimum absolute atomic E-state index is 0.0675. The van der Waals surface area contributed by atoms with E-state index in [4.69, 9.17) is 25.9 Å². The Morgan fingerprint density at radius 2 is 2.25 bits per heavy atom. The number of ether oxygens (including phenoxy) is 1. The van der Waals surface area contributed by atoms with Crippen LogP contribution in [-0.2, 0) is 6.54 Å². The van der Waals surface area contributed by atoms with E-state index in [1.54, 1.807) is 19.2 Å². The molecule has 6 heteroatoms. The molecule has 0 saturated carbocycles. The molecule has 1 heterocycles. The van der Waals surface area contributed by atoms with Crippen LogP contribution in [0.1, 0.15) is 21.7 Å². The number of aryl methyl sites for hydroxylation is 1. The van der Waals surface area contributed by atoms with Crippen molar-refractivity contribution in [3.63, 3.8) is 0 Å². The number of carboxylic acid groups (broad SMARTS) is 1. The predicted molar refractivity (Wildman–Crippen MR) is 75.7 cm³/mol. The van der Waals surface area contributed by atoms with Crippen molar-refractivity contribution in [2.75, 3.05) is 12.4 Å². The standard InChI is InChI=1S/C14H14ClNO4/c1-8-5-11(12(19-2)6-10(8)15)16-7-9-3-4-20-13(9)14(17)18/h3-6,16H,7H2,1-2H3,(H,17,18). The second kappa shape index (κ2) is 5.88. The Morgan fingerprint density at radius 3 is 2.90 bits per heavy atom. The number of halogens is 1. The lowest BCUT2D eigenvalue weighted by Crippen LogP contribution is -2.05. The highest BCUT2D eigenvalue weighted by Gasteiger charge is 2.14. The number of furan rings is 1. The highest BCUT2D eigenvalue weighted by Crippen LogP contribution is 2.31. The molecule has 0 amide bonds. The van der Waals surface area contributed by atoms with Gasteiger partial charge in [0.25, 0.3) is 0 Å². The van der Waals surface area contributed by atoms with Crippen molar-refractivity contribution in [1.29, 1.82) is 0 Å². The van der Waals surface area contributed by atoms with Gasteiger partial charge >= 0.3 is 5.97 Å². The monoisotopic (exact) mass is 295 g/mol. The molecule has 0 saturated heterocycles. The third kappa shape index (κ3) is 2.88. The van der Waals surface area contributed by atoms with Crippen molar-refractivity contribution in [3.05, 3.63) is 46.4 Å². The molecule has 0 spiro atoms. The first-order chi connectivity index (χ1) is 9.52. The van der Waals surface area contributed by atoms with Gasteiger partial charge in [-0.25, -0.2) is 4.79 Å². The third-order valence-corrected chi connectivity index (χ3v) is 3.30. The molecule has 0 unspecified atom stereocenters. The molecule has 2 aromatic rings. The zero-order valence-electron chi connectivity index (χ0n) is 11.1. The maximum atomic E-state index is 11.0. The molecule has 0 aliphatic rings. The van der Waals surface area contributed by atoms with Crippen molar-refractivity contribution in [2.24, 2.45) is 0 Å². The van der Waals surface area contributed by atoms with Crippen molar-refractivity contribution < 1.29 is 19.1 Å². The lowest BCUT2D eigenvalue weighted by atomic mass is 10.2. The number of methoxy groups -OCH3 is 1. The summed E-state index contributed by atoms with van der Waals surface area (Å²) < 4.78 is 10.2. The zero-order valence-corrected chi connectivity index (χ0v) is 11.8. The number of aromatic carboxylic acids is 1. The van der Waals surface area contributed by atoms with E-state index < -0.39 is 5.97 Å². The number of rotatable bonds is 5.